The van der Waals surface area contributed by atoms with Gasteiger partial charge in [-0.25, -0.2) is 0 Å². The van der Waals surface area contributed by atoms with Crippen molar-refractivity contribution in [2.45, 2.75) is 37.5 Å². The molecule has 3 atom stereocenters. The third-order valence-corrected chi connectivity index (χ3v) is 3.83. The van der Waals surface area contributed by atoms with Crippen LogP contribution in [0.15, 0.2) is 0 Å². The van der Waals surface area contributed by atoms with E-state index in [0.29, 0.717) is 6.10 Å². The van der Waals surface area contributed by atoms with E-state index < -0.39 is 5.97 Å². The van der Waals surface area contributed by atoms with E-state index in [1.165, 1.54) is 0 Å². The molecule has 2 rings (SSSR count). The summed E-state index contributed by atoms with van der Waals surface area (Å²) in [5, 5.41) is 11.3. The van der Waals surface area contributed by atoms with E-state index in [2.05, 4.69) is 5.32 Å². The number of carboxylic acid groups (broad SMARTS) is 1. The van der Waals surface area contributed by atoms with E-state index >= 15 is 0 Å². The van der Waals surface area contributed by atoms with Crippen molar-refractivity contribution in [2.24, 2.45) is 0 Å². The van der Waals surface area contributed by atoms with Crippen molar-refractivity contribution in [3.05, 3.63) is 0 Å². The largest absolute Gasteiger partial charge is 0.481 e. The first-order valence-corrected chi connectivity index (χ1v) is 6.55. The summed E-state index contributed by atoms with van der Waals surface area (Å²) in [4.78, 5) is 21.7. The summed E-state index contributed by atoms with van der Waals surface area (Å²) in [6, 6.07) is 0.136. The molecule has 2 heterocycles. The van der Waals surface area contributed by atoms with Crippen molar-refractivity contribution < 1.29 is 19.4 Å². The second-order valence-corrected chi connectivity index (χ2v) is 5.16. The highest BCUT2D eigenvalue weighted by Crippen LogP contribution is 2.34. The molecule has 16 heavy (non-hydrogen) atoms. The molecular weight excluding hydrogens is 230 g/mol. The molecule has 2 saturated heterocycles. The minimum atomic E-state index is -0.888. The van der Waals surface area contributed by atoms with E-state index in [0.717, 1.165) is 31.0 Å². The van der Waals surface area contributed by atoms with Crippen molar-refractivity contribution in [1.29, 1.82) is 0 Å². The summed E-state index contributed by atoms with van der Waals surface area (Å²) in [5.74, 6) is -0.797. The van der Waals surface area contributed by atoms with Crippen molar-refractivity contribution >= 4 is 23.6 Å². The van der Waals surface area contributed by atoms with Crippen molar-refractivity contribution in [2.75, 3.05) is 11.5 Å². The van der Waals surface area contributed by atoms with Gasteiger partial charge in [0.25, 0.3) is 0 Å². The number of aliphatic carboxylic acids is 1. The smallest absolute Gasteiger partial charge is 0.313 e. The molecule has 2 fully saturated rings. The Morgan fingerprint density at radius 1 is 1.38 bits per heavy atom. The maximum absolute atomic E-state index is 11.5. The number of fused-ring (bicyclic) bond motifs is 2. The average Bonchev–Trinajstić information content (AvgIpc) is 2.78. The second kappa shape index (κ2) is 5.05. The van der Waals surface area contributed by atoms with Crippen molar-refractivity contribution in [1.82, 2.24) is 5.32 Å². The van der Waals surface area contributed by atoms with Crippen LogP contribution >= 0.6 is 11.8 Å². The van der Waals surface area contributed by atoms with Crippen LogP contribution in [0.4, 0.5) is 0 Å². The van der Waals surface area contributed by atoms with E-state index in [4.69, 9.17) is 9.84 Å². The Bertz CT molecular complexity index is 297. The van der Waals surface area contributed by atoms with E-state index in [1.807, 2.05) is 0 Å². The molecule has 5 nitrogen and oxygen atoms in total. The maximum atomic E-state index is 11.5. The van der Waals surface area contributed by atoms with E-state index in [1.54, 1.807) is 0 Å². The Kier molecular flexibility index (Phi) is 3.70. The van der Waals surface area contributed by atoms with Crippen LogP contribution in [0.2, 0.25) is 0 Å². The normalized spacial score (nSPS) is 31.6. The molecule has 1 amide bonds. The predicted octanol–water partition coefficient (Wildman–Crippen LogP) is 0.240. The van der Waals surface area contributed by atoms with Gasteiger partial charge in [-0.05, 0) is 19.3 Å². The van der Waals surface area contributed by atoms with Crippen LogP contribution in [-0.2, 0) is 14.3 Å². The second-order valence-electron chi connectivity index (χ2n) is 4.17. The summed E-state index contributed by atoms with van der Waals surface area (Å²) in [6.07, 6.45) is 3.53. The Balaban J connectivity index is 1.66. The lowest BCUT2D eigenvalue weighted by molar-refractivity contribution is -0.133. The van der Waals surface area contributed by atoms with Crippen LogP contribution in [0, 0.1) is 0 Å². The third-order valence-electron chi connectivity index (χ3n) is 2.91. The average molecular weight is 245 g/mol. The summed E-state index contributed by atoms with van der Waals surface area (Å²) in [6.45, 7) is 0. The fourth-order valence-corrected chi connectivity index (χ4v) is 2.81. The maximum Gasteiger partial charge on any atom is 0.313 e. The molecule has 0 aromatic rings. The Labute approximate surface area is 97.9 Å². The highest BCUT2D eigenvalue weighted by atomic mass is 32.2. The molecule has 90 valence electrons. The molecule has 0 aromatic carbocycles. The molecule has 0 aliphatic carbocycles. The van der Waals surface area contributed by atoms with E-state index in [-0.39, 0.29) is 29.6 Å². The number of carboxylic acids is 1. The number of rotatable bonds is 5. The molecule has 2 N–H and O–H groups in total. The van der Waals surface area contributed by atoms with Gasteiger partial charge in [-0.2, -0.15) is 0 Å². The molecule has 3 unspecified atom stereocenters. The van der Waals surface area contributed by atoms with Crippen molar-refractivity contribution in [3.63, 3.8) is 0 Å². The molecule has 0 radical (unpaired) electrons. The molecular formula is C10H15NO4S. The zero-order valence-corrected chi connectivity index (χ0v) is 9.66. The minimum Gasteiger partial charge on any atom is -0.481 e. The summed E-state index contributed by atoms with van der Waals surface area (Å²) >= 11 is 1.12. The van der Waals surface area contributed by atoms with Crippen LogP contribution in [-0.4, -0.2) is 46.7 Å². The van der Waals surface area contributed by atoms with Gasteiger partial charge in [-0.1, -0.05) is 0 Å². The molecule has 0 aromatic heterocycles. The van der Waals surface area contributed by atoms with Crippen molar-refractivity contribution in [3.8, 4) is 0 Å². The summed E-state index contributed by atoms with van der Waals surface area (Å²) < 4.78 is 5.61. The lowest BCUT2D eigenvalue weighted by Crippen LogP contribution is -2.42. The minimum absolute atomic E-state index is 0.0271. The number of carbonyl (C=O) groups excluding carboxylic acids is 1. The van der Waals surface area contributed by atoms with Crippen LogP contribution < -0.4 is 5.32 Å². The first-order valence-electron chi connectivity index (χ1n) is 5.39. The van der Waals surface area contributed by atoms with Gasteiger partial charge < -0.3 is 15.2 Å². The summed E-state index contributed by atoms with van der Waals surface area (Å²) in [5.41, 5.74) is 0. The van der Waals surface area contributed by atoms with Gasteiger partial charge in [-0.15, -0.1) is 11.8 Å². The number of carbonyl (C=O) groups is 2. The molecule has 0 saturated carbocycles. The first kappa shape index (κ1) is 11.7. The van der Waals surface area contributed by atoms with Gasteiger partial charge in [0, 0.05) is 0 Å². The van der Waals surface area contributed by atoms with Gasteiger partial charge in [-0.3, -0.25) is 9.59 Å². The quantitative estimate of drug-likeness (QED) is 0.725. The lowest BCUT2D eigenvalue weighted by Gasteiger charge is -2.19. The fourth-order valence-electron chi connectivity index (χ4n) is 2.27. The van der Waals surface area contributed by atoms with Gasteiger partial charge in [0.05, 0.1) is 29.8 Å². The van der Waals surface area contributed by atoms with E-state index in [9.17, 15) is 9.59 Å². The Hall–Kier alpha value is -0.750. The SMILES string of the molecule is O=C(O)CSCC(=O)NC1CC2CCC1O2. The number of nitrogens with one attached hydrogen (secondary N) is 1. The number of hydrogen-bond acceptors (Lipinski definition) is 4. The predicted molar refractivity (Wildman–Crippen MR) is 59.4 cm³/mol. The number of thioether (sulfide) groups is 1. The monoisotopic (exact) mass is 245 g/mol. The number of ether oxygens (including phenoxy) is 1. The van der Waals surface area contributed by atoms with Gasteiger partial charge in [0.1, 0.15) is 0 Å². The summed E-state index contributed by atoms with van der Waals surface area (Å²) in [7, 11) is 0. The van der Waals surface area contributed by atoms with Crippen LogP contribution in [0.3, 0.4) is 0 Å². The fraction of sp³-hybridized carbons (Fsp3) is 0.800. The van der Waals surface area contributed by atoms with Crippen LogP contribution in [0.5, 0.6) is 0 Å². The first-order chi connectivity index (χ1) is 7.65. The highest BCUT2D eigenvalue weighted by Gasteiger charge is 2.41. The van der Waals surface area contributed by atoms with Gasteiger partial charge >= 0.3 is 5.97 Å². The lowest BCUT2D eigenvalue weighted by atomic mass is 9.95. The van der Waals surface area contributed by atoms with Gasteiger partial charge in [0.2, 0.25) is 5.91 Å². The van der Waals surface area contributed by atoms with Crippen LogP contribution in [0.25, 0.3) is 0 Å². The molecule has 2 bridgehead atoms. The molecule has 2 aliphatic rings. The zero-order chi connectivity index (χ0) is 11.5. The Morgan fingerprint density at radius 2 is 2.19 bits per heavy atom. The number of amides is 1. The molecule has 6 heteroatoms. The topological polar surface area (TPSA) is 75.6 Å². The Morgan fingerprint density at radius 3 is 2.75 bits per heavy atom. The zero-order valence-electron chi connectivity index (χ0n) is 8.85. The van der Waals surface area contributed by atoms with Crippen LogP contribution in [0.1, 0.15) is 19.3 Å². The third kappa shape index (κ3) is 2.89. The highest BCUT2D eigenvalue weighted by molar-refractivity contribution is 8.00. The molecule has 0 spiro atoms. The van der Waals surface area contributed by atoms with Gasteiger partial charge in [0.15, 0.2) is 0 Å². The molecule has 2 aliphatic heterocycles. The standard InChI is InChI=1S/C10H15NO4S/c12-9(4-16-5-10(13)14)11-7-3-6-1-2-8(7)15-6/h6-8H,1-5H2,(H,11,12)(H,13,14). The number of hydrogen-bond donors (Lipinski definition) is 2.